The molecule has 1 aliphatic heterocycles. The highest BCUT2D eigenvalue weighted by Crippen LogP contribution is 2.31. The number of amides is 1. The van der Waals surface area contributed by atoms with E-state index in [0.29, 0.717) is 24.5 Å². The van der Waals surface area contributed by atoms with Crippen LogP contribution in [0, 0.1) is 0 Å². The van der Waals surface area contributed by atoms with E-state index in [-0.39, 0.29) is 31.3 Å². The Bertz CT molecular complexity index is 1020. The van der Waals surface area contributed by atoms with Gasteiger partial charge in [-0.2, -0.15) is 0 Å². The smallest absolute Gasteiger partial charge is 0.330 e. The summed E-state index contributed by atoms with van der Waals surface area (Å²) in [6.45, 7) is 2.49. The van der Waals surface area contributed by atoms with Crippen LogP contribution in [0.25, 0.3) is 0 Å². The van der Waals surface area contributed by atoms with Crippen LogP contribution in [-0.4, -0.2) is 48.4 Å². The second-order valence-electron chi connectivity index (χ2n) is 6.85. The zero-order valence-electron chi connectivity index (χ0n) is 17.1. The summed E-state index contributed by atoms with van der Waals surface area (Å²) in [6, 6.07) is 7.00. The highest BCUT2D eigenvalue weighted by Gasteiger charge is 2.34. The lowest BCUT2D eigenvalue weighted by Crippen LogP contribution is -2.50. The molecule has 2 aromatic rings. The molecule has 0 bridgehead atoms. The molecule has 0 aliphatic carbocycles. The van der Waals surface area contributed by atoms with Gasteiger partial charge in [-0.1, -0.05) is 25.5 Å². The molecule has 3 rings (SSSR count). The minimum Gasteiger partial charge on any atom is -0.485 e. The third kappa shape index (κ3) is 4.33. The molecule has 1 amide bonds. The van der Waals surface area contributed by atoms with Gasteiger partial charge in [0.2, 0.25) is 6.10 Å². The largest absolute Gasteiger partial charge is 0.485 e. The monoisotopic (exact) mass is 418 g/mol. The van der Waals surface area contributed by atoms with E-state index in [2.05, 4.69) is 4.98 Å². The molecule has 0 unspecified atom stereocenters. The maximum atomic E-state index is 13.3. The summed E-state index contributed by atoms with van der Waals surface area (Å²) >= 11 is 0. The molecule has 10 nitrogen and oxygen atoms in total. The van der Waals surface area contributed by atoms with Crippen molar-refractivity contribution in [3.05, 3.63) is 45.1 Å². The van der Waals surface area contributed by atoms with Crippen LogP contribution >= 0.6 is 0 Å². The molecule has 1 aliphatic rings. The highest BCUT2D eigenvalue weighted by atomic mass is 16.6. The number of aromatic nitrogens is 2. The van der Waals surface area contributed by atoms with Crippen LogP contribution in [0.15, 0.2) is 33.9 Å². The summed E-state index contributed by atoms with van der Waals surface area (Å²) in [5, 5.41) is 0. The van der Waals surface area contributed by atoms with Crippen LogP contribution in [0.2, 0.25) is 0 Å². The lowest BCUT2D eigenvalue weighted by atomic mass is 10.2. The predicted molar refractivity (Wildman–Crippen MR) is 111 cm³/mol. The molecule has 162 valence electrons. The number of nitrogens with two attached hydrogens (primary N) is 1. The first kappa shape index (κ1) is 21.4. The fraction of sp³-hybridized carbons (Fsp3) is 0.450. The number of para-hydroxylation sites is 2. The summed E-state index contributed by atoms with van der Waals surface area (Å²) in [5.74, 6) is 0.386. The third-order valence-electron chi connectivity index (χ3n) is 4.79. The van der Waals surface area contributed by atoms with Gasteiger partial charge in [0.1, 0.15) is 12.4 Å². The molecule has 0 spiro atoms. The van der Waals surface area contributed by atoms with Crippen molar-refractivity contribution in [2.24, 2.45) is 0 Å². The van der Waals surface area contributed by atoms with Gasteiger partial charge in [0.15, 0.2) is 17.2 Å². The first-order valence-electron chi connectivity index (χ1n) is 9.79. The second kappa shape index (κ2) is 9.49. The molecule has 30 heavy (non-hydrogen) atoms. The number of rotatable bonds is 8. The zero-order chi connectivity index (χ0) is 21.7. The zero-order valence-corrected chi connectivity index (χ0v) is 17.1. The number of aromatic amines is 1. The van der Waals surface area contributed by atoms with E-state index in [1.807, 2.05) is 6.92 Å². The maximum absolute atomic E-state index is 13.3. The van der Waals surface area contributed by atoms with E-state index < -0.39 is 23.3 Å². The summed E-state index contributed by atoms with van der Waals surface area (Å²) < 4.78 is 17.8. The van der Waals surface area contributed by atoms with E-state index in [1.54, 1.807) is 24.3 Å². The number of benzene rings is 1. The molecule has 0 fully saturated rings. The van der Waals surface area contributed by atoms with Crippen molar-refractivity contribution in [3.8, 4) is 11.5 Å². The maximum Gasteiger partial charge on any atom is 0.330 e. The van der Waals surface area contributed by atoms with Crippen molar-refractivity contribution in [3.63, 3.8) is 0 Å². The number of nitrogen functional groups attached to an aromatic ring is 1. The summed E-state index contributed by atoms with van der Waals surface area (Å²) in [7, 11) is 1.48. The number of nitrogens with zero attached hydrogens (tertiary/aromatic N) is 2. The Morgan fingerprint density at radius 1 is 1.33 bits per heavy atom. The molecule has 2 heterocycles. The summed E-state index contributed by atoms with van der Waals surface area (Å²) in [6.07, 6.45) is 0.545. The van der Waals surface area contributed by atoms with Crippen LogP contribution in [0.3, 0.4) is 0 Å². The molecule has 0 radical (unpaired) electrons. The normalized spacial score (nSPS) is 15.1. The van der Waals surface area contributed by atoms with Crippen molar-refractivity contribution in [2.75, 3.05) is 37.5 Å². The number of nitrogens with one attached hydrogen (secondary N) is 1. The lowest BCUT2D eigenvalue weighted by molar-refractivity contribution is -0.127. The van der Waals surface area contributed by atoms with Gasteiger partial charge in [-0.05, 0) is 18.6 Å². The van der Waals surface area contributed by atoms with Crippen molar-refractivity contribution in [2.45, 2.75) is 32.4 Å². The Kier molecular flexibility index (Phi) is 6.78. The van der Waals surface area contributed by atoms with Crippen molar-refractivity contribution in [1.82, 2.24) is 9.55 Å². The first-order chi connectivity index (χ1) is 14.5. The predicted octanol–water partition coefficient (Wildman–Crippen LogP) is 0.738. The van der Waals surface area contributed by atoms with E-state index in [9.17, 15) is 14.4 Å². The van der Waals surface area contributed by atoms with Crippen LogP contribution in [0.1, 0.15) is 19.8 Å². The van der Waals surface area contributed by atoms with Crippen LogP contribution in [0.5, 0.6) is 11.5 Å². The molecular formula is C20H26N4O6. The number of unbranched alkanes of at least 4 members (excludes halogenated alkanes) is 1. The topological polar surface area (TPSA) is 129 Å². The molecular weight excluding hydrogens is 392 g/mol. The number of ether oxygens (including phenoxy) is 3. The standard InChI is InChI=1S/C20H26N4O6/c1-3-4-9-24-17(21)16(18(25)22-20(24)27)23(10-11-28-2)19(26)15-12-29-13-7-5-6-8-14(13)30-15/h5-8,15H,3-4,9-12,21H2,1-2H3,(H,22,25,27)/t15-/m1/s1. The van der Waals surface area contributed by atoms with E-state index >= 15 is 0 Å². The molecule has 0 saturated carbocycles. The SMILES string of the molecule is CCCCn1c(N)c(N(CCOC)C(=O)[C@H]2COc3ccccc3O2)c(=O)[nH]c1=O. The van der Waals surface area contributed by atoms with Gasteiger partial charge in [0, 0.05) is 20.2 Å². The van der Waals surface area contributed by atoms with Gasteiger partial charge < -0.3 is 19.9 Å². The number of fused-ring (bicyclic) bond motifs is 1. The van der Waals surface area contributed by atoms with Crippen molar-refractivity contribution < 1.29 is 19.0 Å². The van der Waals surface area contributed by atoms with Crippen molar-refractivity contribution >= 4 is 17.4 Å². The lowest BCUT2D eigenvalue weighted by Gasteiger charge is -2.31. The summed E-state index contributed by atoms with van der Waals surface area (Å²) in [4.78, 5) is 41.6. The average molecular weight is 418 g/mol. The molecule has 0 saturated heterocycles. The van der Waals surface area contributed by atoms with Gasteiger partial charge in [-0.25, -0.2) is 4.79 Å². The van der Waals surface area contributed by atoms with E-state index in [0.717, 1.165) is 6.42 Å². The molecule has 10 heteroatoms. The number of hydrogen-bond donors (Lipinski definition) is 2. The number of carbonyl (C=O) groups is 1. The molecule has 3 N–H and O–H groups in total. The molecule has 1 atom stereocenters. The molecule has 1 aromatic carbocycles. The highest BCUT2D eigenvalue weighted by molar-refractivity contribution is 5.99. The van der Waals surface area contributed by atoms with Gasteiger partial charge in [0.05, 0.1) is 6.61 Å². The number of anilines is 2. The van der Waals surface area contributed by atoms with Crippen LogP contribution < -0.4 is 31.4 Å². The summed E-state index contributed by atoms with van der Waals surface area (Å²) in [5.41, 5.74) is 4.72. The van der Waals surface area contributed by atoms with Gasteiger partial charge in [-0.3, -0.25) is 24.0 Å². The Balaban J connectivity index is 1.98. The molecule has 1 aromatic heterocycles. The minimum atomic E-state index is -0.980. The van der Waals surface area contributed by atoms with Crippen LogP contribution in [-0.2, 0) is 16.1 Å². The third-order valence-corrected chi connectivity index (χ3v) is 4.79. The van der Waals surface area contributed by atoms with E-state index in [1.165, 1.54) is 16.6 Å². The van der Waals surface area contributed by atoms with Gasteiger partial charge in [-0.15, -0.1) is 0 Å². The van der Waals surface area contributed by atoms with Gasteiger partial charge in [0.25, 0.3) is 11.5 Å². The second-order valence-corrected chi connectivity index (χ2v) is 6.85. The minimum absolute atomic E-state index is 0.0212. The Morgan fingerprint density at radius 3 is 2.77 bits per heavy atom. The quantitative estimate of drug-likeness (QED) is 0.647. The fourth-order valence-corrected chi connectivity index (χ4v) is 3.21. The van der Waals surface area contributed by atoms with Crippen LogP contribution in [0.4, 0.5) is 11.5 Å². The Labute approximate surface area is 173 Å². The van der Waals surface area contributed by atoms with E-state index in [4.69, 9.17) is 19.9 Å². The van der Waals surface area contributed by atoms with Crippen molar-refractivity contribution in [1.29, 1.82) is 0 Å². The number of hydrogen-bond acceptors (Lipinski definition) is 7. The number of methoxy groups -OCH3 is 1. The Morgan fingerprint density at radius 2 is 2.07 bits per heavy atom. The Hall–Kier alpha value is -3.27. The number of H-pyrrole nitrogens is 1. The average Bonchev–Trinajstić information content (AvgIpc) is 2.75. The van der Waals surface area contributed by atoms with Gasteiger partial charge >= 0.3 is 5.69 Å². The first-order valence-corrected chi connectivity index (χ1v) is 9.79. The fourth-order valence-electron chi connectivity index (χ4n) is 3.21. The number of carbonyl (C=O) groups excluding carboxylic acids is 1.